The Hall–Kier alpha value is -0.540. The number of fused-ring (bicyclic) bond motifs is 1. The average molecular weight is 243 g/mol. The number of hydrogen-bond donors (Lipinski definition) is 0. The molecule has 3 heteroatoms. The second-order valence-electron chi connectivity index (χ2n) is 2.45. The molecule has 1 heterocycles. The van der Waals surface area contributed by atoms with Crippen LogP contribution < -0.4 is 4.74 Å². The minimum absolute atomic E-state index is 0.939. The highest BCUT2D eigenvalue weighted by atomic mass is 79.9. The number of benzene rings is 1. The number of ether oxygens (including phenoxy) is 1. The molecule has 0 atom stereocenters. The van der Waals surface area contributed by atoms with E-state index in [9.17, 15) is 0 Å². The van der Waals surface area contributed by atoms with Crippen molar-refractivity contribution in [2.45, 2.75) is 0 Å². The maximum absolute atomic E-state index is 5.25. The van der Waals surface area contributed by atoms with Crippen LogP contribution in [0.15, 0.2) is 28.1 Å². The molecule has 62 valence electrons. The van der Waals surface area contributed by atoms with Gasteiger partial charge < -0.3 is 4.74 Å². The number of thiophene rings is 1. The van der Waals surface area contributed by atoms with Crippen LogP contribution in [-0.4, -0.2) is 7.11 Å². The molecule has 0 unspecified atom stereocenters. The van der Waals surface area contributed by atoms with E-state index in [4.69, 9.17) is 4.74 Å². The predicted molar refractivity (Wildman–Crippen MR) is 56.1 cm³/mol. The number of rotatable bonds is 1. The van der Waals surface area contributed by atoms with E-state index in [1.165, 1.54) is 10.1 Å². The van der Waals surface area contributed by atoms with E-state index >= 15 is 0 Å². The highest BCUT2D eigenvalue weighted by Crippen LogP contribution is 2.33. The van der Waals surface area contributed by atoms with Gasteiger partial charge in [-0.15, -0.1) is 11.3 Å². The lowest BCUT2D eigenvalue weighted by molar-refractivity contribution is 0.420. The molecule has 0 radical (unpaired) electrons. The first-order chi connectivity index (χ1) is 5.81. The third-order valence-corrected chi connectivity index (χ3v) is 3.10. The molecule has 0 N–H and O–H groups in total. The van der Waals surface area contributed by atoms with Gasteiger partial charge in [-0.3, -0.25) is 0 Å². The second-order valence-corrected chi connectivity index (χ2v) is 4.28. The SMILES string of the molecule is COc1cc(Br)cc2ccsc12. The molecule has 0 aliphatic rings. The van der Waals surface area contributed by atoms with Gasteiger partial charge in [0, 0.05) is 4.47 Å². The lowest BCUT2D eigenvalue weighted by Gasteiger charge is -2.01. The molecule has 0 aliphatic carbocycles. The fourth-order valence-corrected chi connectivity index (χ4v) is 2.49. The topological polar surface area (TPSA) is 9.23 Å². The van der Waals surface area contributed by atoms with Crippen LogP contribution in [0.4, 0.5) is 0 Å². The lowest BCUT2D eigenvalue weighted by Crippen LogP contribution is -1.81. The van der Waals surface area contributed by atoms with Gasteiger partial charge in [0.25, 0.3) is 0 Å². The van der Waals surface area contributed by atoms with Gasteiger partial charge >= 0.3 is 0 Å². The summed E-state index contributed by atoms with van der Waals surface area (Å²) in [4.78, 5) is 0. The maximum Gasteiger partial charge on any atom is 0.137 e. The Labute approximate surface area is 83.1 Å². The predicted octanol–water partition coefficient (Wildman–Crippen LogP) is 3.67. The van der Waals surface area contributed by atoms with Crippen LogP contribution in [0.1, 0.15) is 0 Å². The third-order valence-electron chi connectivity index (χ3n) is 1.70. The van der Waals surface area contributed by atoms with Crippen molar-refractivity contribution in [2.24, 2.45) is 0 Å². The molecule has 0 bridgehead atoms. The molecular formula is C9H7BrOS. The zero-order chi connectivity index (χ0) is 8.55. The Morgan fingerprint density at radius 1 is 1.42 bits per heavy atom. The first kappa shape index (κ1) is 8.08. The minimum Gasteiger partial charge on any atom is -0.495 e. The number of hydrogen-bond acceptors (Lipinski definition) is 2. The van der Waals surface area contributed by atoms with E-state index in [-0.39, 0.29) is 0 Å². The standard InChI is InChI=1S/C9H7BrOS/c1-11-8-5-7(10)4-6-2-3-12-9(6)8/h2-5H,1H3. The Balaban J connectivity index is 2.80. The summed E-state index contributed by atoms with van der Waals surface area (Å²) in [7, 11) is 1.70. The van der Waals surface area contributed by atoms with Crippen LogP contribution in [0.3, 0.4) is 0 Å². The van der Waals surface area contributed by atoms with E-state index in [1.807, 2.05) is 6.07 Å². The van der Waals surface area contributed by atoms with Gasteiger partial charge in [-0.05, 0) is 29.0 Å². The molecule has 1 nitrogen and oxygen atoms in total. The van der Waals surface area contributed by atoms with Gasteiger partial charge in [0.2, 0.25) is 0 Å². The molecular weight excluding hydrogens is 236 g/mol. The fourth-order valence-electron chi connectivity index (χ4n) is 1.17. The van der Waals surface area contributed by atoms with Crippen LogP contribution in [0.5, 0.6) is 5.75 Å². The first-order valence-corrected chi connectivity index (χ1v) is 5.19. The van der Waals surface area contributed by atoms with Gasteiger partial charge in [0.1, 0.15) is 5.75 Å². The van der Waals surface area contributed by atoms with Crippen molar-refractivity contribution in [2.75, 3.05) is 7.11 Å². The normalized spacial score (nSPS) is 10.5. The van der Waals surface area contributed by atoms with Gasteiger partial charge in [-0.2, -0.15) is 0 Å². The van der Waals surface area contributed by atoms with Crippen molar-refractivity contribution < 1.29 is 4.74 Å². The van der Waals surface area contributed by atoms with Gasteiger partial charge in [-0.1, -0.05) is 15.9 Å². The summed E-state index contributed by atoms with van der Waals surface area (Å²) in [5, 5.41) is 3.30. The van der Waals surface area contributed by atoms with Crippen molar-refractivity contribution in [1.29, 1.82) is 0 Å². The molecule has 2 rings (SSSR count). The summed E-state index contributed by atoms with van der Waals surface area (Å²) >= 11 is 5.13. The maximum atomic E-state index is 5.25. The smallest absolute Gasteiger partial charge is 0.137 e. The molecule has 0 amide bonds. The molecule has 0 saturated carbocycles. The fraction of sp³-hybridized carbons (Fsp3) is 0.111. The minimum atomic E-state index is 0.939. The van der Waals surface area contributed by atoms with Crippen molar-refractivity contribution >= 4 is 37.4 Å². The largest absolute Gasteiger partial charge is 0.495 e. The summed E-state index contributed by atoms with van der Waals surface area (Å²) in [6, 6.07) is 6.17. The molecule has 0 saturated heterocycles. The Kier molecular flexibility index (Phi) is 2.07. The van der Waals surface area contributed by atoms with Gasteiger partial charge in [0.05, 0.1) is 11.8 Å². The van der Waals surface area contributed by atoms with Crippen LogP contribution in [-0.2, 0) is 0 Å². The van der Waals surface area contributed by atoms with Crippen molar-refractivity contribution in [3.63, 3.8) is 0 Å². The van der Waals surface area contributed by atoms with Crippen LogP contribution in [0, 0.1) is 0 Å². The summed E-state index contributed by atoms with van der Waals surface area (Å²) in [5.74, 6) is 0.939. The Morgan fingerprint density at radius 3 is 3.00 bits per heavy atom. The molecule has 0 fully saturated rings. The van der Waals surface area contributed by atoms with Crippen LogP contribution >= 0.6 is 27.3 Å². The highest BCUT2D eigenvalue weighted by molar-refractivity contribution is 9.10. The molecule has 2 aromatic rings. The molecule has 12 heavy (non-hydrogen) atoms. The zero-order valence-electron chi connectivity index (χ0n) is 6.50. The average Bonchev–Trinajstić information content (AvgIpc) is 2.50. The third kappa shape index (κ3) is 1.23. The summed E-state index contributed by atoms with van der Waals surface area (Å²) in [6.07, 6.45) is 0. The quantitative estimate of drug-likeness (QED) is 0.742. The molecule has 1 aromatic heterocycles. The Morgan fingerprint density at radius 2 is 2.25 bits per heavy atom. The first-order valence-electron chi connectivity index (χ1n) is 3.52. The van der Waals surface area contributed by atoms with E-state index in [1.54, 1.807) is 18.4 Å². The van der Waals surface area contributed by atoms with E-state index in [0.29, 0.717) is 0 Å². The zero-order valence-corrected chi connectivity index (χ0v) is 8.91. The lowest BCUT2D eigenvalue weighted by atomic mass is 10.2. The van der Waals surface area contributed by atoms with Gasteiger partial charge in [0.15, 0.2) is 0 Å². The van der Waals surface area contributed by atoms with Crippen LogP contribution in [0.25, 0.3) is 10.1 Å². The number of halogens is 1. The molecule has 1 aromatic carbocycles. The van der Waals surface area contributed by atoms with E-state index < -0.39 is 0 Å². The van der Waals surface area contributed by atoms with Crippen molar-refractivity contribution in [3.05, 3.63) is 28.1 Å². The monoisotopic (exact) mass is 242 g/mol. The summed E-state index contributed by atoms with van der Waals surface area (Å²) in [6.45, 7) is 0. The van der Waals surface area contributed by atoms with Crippen molar-refractivity contribution in [3.8, 4) is 5.75 Å². The summed E-state index contributed by atoms with van der Waals surface area (Å²) in [5.41, 5.74) is 0. The summed E-state index contributed by atoms with van der Waals surface area (Å²) < 4.78 is 7.52. The highest BCUT2D eigenvalue weighted by Gasteiger charge is 2.03. The van der Waals surface area contributed by atoms with Crippen LogP contribution in [0.2, 0.25) is 0 Å². The molecule has 0 aliphatic heterocycles. The Bertz CT molecular complexity index is 408. The van der Waals surface area contributed by atoms with Crippen molar-refractivity contribution in [1.82, 2.24) is 0 Å². The van der Waals surface area contributed by atoms with Gasteiger partial charge in [-0.25, -0.2) is 0 Å². The van der Waals surface area contributed by atoms with E-state index in [0.717, 1.165) is 10.2 Å². The number of methoxy groups -OCH3 is 1. The second kappa shape index (κ2) is 3.07. The molecule has 0 spiro atoms. The van der Waals surface area contributed by atoms with E-state index in [2.05, 4.69) is 33.4 Å².